The molecule has 0 aromatic heterocycles. The fourth-order valence-electron chi connectivity index (χ4n) is 6.61. The summed E-state index contributed by atoms with van der Waals surface area (Å²) in [5.74, 6) is -4.94. The minimum atomic E-state index is -2.24. The van der Waals surface area contributed by atoms with Gasteiger partial charge in [-0.15, -0.1) is 0 Å². The Hall–Kier alpha value is -3.71. The molecule has 9 atom stereocenters. The molecule has 58 heavy (non-hydrogen) atoms. The number of esters is 5. The van der Waals surface area contributed by atoms with Crippen molar-refractivity contribution >= 4 is 29.8 Å². The van der Waals surface area contributed by atoms with Gasteiger partial charge in [-0.1, -0.05) is 40.9 Å². The monoisotopic (exact) mass is 830 g/mol. The van der Waals surface area contributed by atoms with Gasteiger partial charge in [-0.25, -0.2) is 9.59 Å². The molecule has 0 aromatic carbocycles. The zero-order valence-corrected chi connectivity index (χ0v) is 34.2. The highest BCUT2D eigenvalue weighted by Crippen LogP contribution is 2.47. The number of ether oxygens (including phenoxy) is 9. The van der Waals surface area contributed by atoms with E-state index >= 15 is 0 Å². The first-order chi connectivity index (χ1) is 26.9. The molecule has 0 aromatic rings. The maximum Gasteiger partial charge on any atom is 0.330 e. The van der Waals surface area contributed by atoms with Crippen molar-refractivity contribution < 1.29 is 81.9 Å². The van der Waals surface area contributed by atoms with Gasteiger partial charge in [0.15, 0.2) is 12.4 Å². The molecule has 4 rings (SSSR count). The van der Waals surface area contributed by atoms with Crippen LogP contribution in [0, 0.1) is 5.41 Å². The van der Waals surface area contributed by atoms with Crippen LogP contribution in [0.25, 0.3) is 0 Å². The van der Waals surface area contributed by atoms with E-state index in [9.17, 15) is 39.3 Å². The number of aliphatic hydroxyl groups excluding tert-OH is 2. The van der Waals surface area contributed by atoms with Crippen LogP contribution in [0.4, 0.5) is 0 Å². The average Bonchev–Trinajstić information content (AvgIpc) is 3.17. The highest BCUT2D eigenvalue weighted by Gasteiger charge is 2.57. The topological polar surface area (TPSA) is 229 Å². The van der Waals surface area contributed by atoms with Gasteiger partial charge in [0.05, 0.1) is 71.5 Å². The van der Waals surface area contributed by atoms with E-state index in [1.54, 1.807) is 32.9 Å². The molecule has 4 heterocycles. The Balaban J connectivity index is 0.00000123. The maximum atomic E-state index is 12.8. The van der Waals surface area contributed by atoms with Crippen molar-refractivity contribution in [3.8, 4) is 0 Å². The van der Waals surface area contributed by atoms with Crippen LogP contribution in [-0.4, -0.2) is 135 Å². The van der Waals surface area contributed by atoms with E-state index in [1.807, 2.05) is 0 Å². The number of carbonyl (C=O) groups is 5. The Morgan fingerprint density at radius 1 is 0.931 bits per heavy atom. The SMILES string of the molecule is C.C=CC(=O)OC.CCC(=O)O[C@H]1/C(=C/C(=O)OC)C[C@H]2C[C@H](CO)OC(=O)C[C@H](O)C[C@@H]3CCC[C@H](C[C@@H]4CCO[C@H](/C=C/C(C)(C)[C@]1(O)O2)O4)O3.COC(C)=O. The molecule has 0 saturated carbocycles. The summed E-state index contributed by atoms with van der Waals surface area (Å²) < 4.78 is 49.0. The molecule has 17 nitrogen and oxygen atoms in total. The van der Waals surface area contributed by atoms with Crippen LogP contribution in [0.15, 0.2) is 36.5 Å². The Morgan fingerprint density at radius 2 is 1.55 bits per heavy atom. The summed E-state index contributed by atoms with van der Waals surface area (Å²) in [6, 6.07) is 0. The molecule has 4 aliphatic heterocycles. The average molecular weight is 831 g/mol. The number of aliphatic hydroxyl groups is 3. The van der Waals surface area contributed by atoms with Gasteiger partial charge in [0.1, 0.15) is 6.10 Å². The van der Waals surface area contributed by atoms with Crippen molar-refractivity contribution in [1.82, 2.24) is 0 Å². The van der Waals surface area contributed by atoms with Gasteiger partial charge in [0, 0.05) is 43.8 Å². The van der Waals surface area contributed by atoms with Crippen molar-refractivity contribution in [2.75, 3.05) is 34.5 Å². The number of methoxy groups -OCH3 is 3. The number of hydrogen-bond donors (Lipinski definition) is 3. The molecule has 3 fully saturated rings. The highest BCUT2D eigenvalue weighted by atomic mass is 16.7. The summed E-state index contributed by atoms with van der Waals surface area (Å²) in [7, 11) is 3.86. The predicted molar refractivity (Wildman–Crippen MR) is 207 cm³/mol. The second-order valence-electron chi connectivity index (χ2n) is 14.6. The van der Waals surface area contributed by atoms with Crippen LogP contribution < -0.4 is 0 Å². The zero-order chi connectivity index (χ0) is 42.8. The molecule has 3 N–H and O–H groups in total. The first-order valence-corrected chi connectivity index (χ1v) is 19.2. The van der Waals surface area contributed by atoms with Crippen molar-refractivity contribution in [3.05, 3.63) is 36.5 Å². The van der Waals surface area contributed by atoms with Gasteiger partial charge >= 0.3 is 29.8 Å². The molecule has 0 amide bonds. The molecule has 332 valence electrons. The standard InChI is InChI=1S/C33H50O13.C4H6O2.C3H6O2.CH4/c1-5-27(36)45-31-20(14-28(37)40-4)13-25-18-26(19-34)43-29(38)16-21(35)15-22-7-6-8-23(42-22)17-24-10-12-41-30(44-24)9-11-32(2,3)33(31,39)46-25;1-3-4(5)6-2;1-3(4)5-2;/h9,11,14,21-26,30-31,34-35,39H,5-8,10,12-13,15-19H2,1-4H3;3H,1H2,2H3;1-2H3;1H4/b11-9+,20-14+;;;/t21-,22+,23-,24+,25+,26-,30+,31+,33-;;;/m1.../s1. The summed E-state index contributed by atoms with van der Waals surface area (Å²) >= 11 is 0. The number of rotatable bonds is 5. The Bertz CT molecular complexity index is 1390. The van der Waals surface area contributed by atoms with Gasteiger partial charge in [0.25, 0.3) is 0 Å². The lowest BCUT2D eigenvalue weighted by Gasteiger charge is -2.51. The number of hydrogen-bond acceptors (Lipinski definition) is 17. The van der Waals surface area contributed by atoms with E-state index in [4.69, 9.17) is 33.2 Å². The van der Waals surface area contributed by atoms with E-state index in [0.717, 1.165) is 31.4 Å². The lowest BCUT2D eigenvalue weighted by atomic mass is 9.74. The second kappa shape index (κ2) is 25.7. The van der Waals surface area contributed by atoms with Crippen molar-refractivity contribution in [3.63, 3.8) is 0 Å². The largest absolute Gasteiger partial charge is 0.469 e. The quantitative estimate of drug-likeness (QED) is 0.156. The molecule has 17 heteroatoms. The van der Waals surface area contributed by atoms with E-state index in [0.29, 0.717) is 19.4 Å². The van der Waals surface area contributed by atoms with Crippen LogP contribution in [0.2, 0.25) is 0 Å². The lowest BCUT2D eigenvalue weighted by molar-refractivity contribution is -0.327. The maximum absolute atomic E-state index is 12.8. The molecule has 0 spiro atoms. The van der Waals surface area contributed by atoms with E-state index in [2.05, 4.69) is 16.1 Å². The van der Waals surface area contributed by atoms with Gasteiger partial charge in [-0.05, 0) is 50.2 Å². The third kappa shape index (κ3) is 16.9. The zero-order valence-electron chi connectivity index (χ0n) is 34.2. The van der Waals surface area contributed by atoms with Gasteiger partial charge in [-0.3, -0.25) is 14.4 Å². The molecule has 6 bridgehead atoms. The summed E-state index contributed by atoms with van der Waals surface area (Å²) in [4.78, 5) is 57.3. The summed E-state index contributed by atoms with van der Waals surface area (Å²) in [6.45, 7) is 9.38. The molecular formula is C41H66O17. The first-order valence-electron chi connectivity index (χ1n) is 19.2. The van der Waals surface area contributed by atoms with E-state index in [-0.39, 0.29) is 69.4 Å². The lowest BCUT2D eigenvalue weighted by Crippen LogP contribution is -2.62. The van der Waals surface area contributed by atoms with Crippen molar-refractivity contribution in [2.45, 2.75) is 154 Å². The fraction of sp³-hybridized carbons (Fsp3) is 0.732. The number of cyclic esters (lactones) is 1. The second-order valence-corrected chi connectivity index (χ2v) is 14.6. The fourth-order valence-corrected chi connectivity index (χ4v) is 6.61. The minimum Gasteiger partial charge on any atom is -0.469 e. The van der Waals surface area contributed by atoms with Crippen molar-refractivity contribution in [2.24, 2.45) is 5.41 Å². The normalized spacial score (nSPS) is 32.2. The smallest absolute Gasteiger partial charge is 0.330 e. The molecule has 4 aliphatic rings. The van der Waals surface area contributed by atoms with E-state index < -0.39 is 72.4 Å². The third-order valence-corrected chi connectivity index (χ3v) is 9.77. The summed E-state index contributed by atoms with van der Waals surface area (Å²) in [6.07, 6.45) is 3.84. The van der Waals surface area contributed by atoms with Crippen LogP contribution in [0.3, 0.4) is 0 Å². The molecule has 0 radical (unpaired) electrons. The Morgan fingerprint density at radius 3 is 2.10 bits per heavy atom. The number of fused-ring (bicyclic) bond motifs is 6. The third-order valence-electron chi connectivity index (χ3n) is 9.77. The molecule has 0 unspecified atom stereocenters. The van der Waals surface area contributed by atoms with Crippen LogP contribution in [0.5, 0.6) is 0 Å². The Kier molecular flexibility index (Phi) is 23.2. The highest BCUT2D eigenvalue weighted by molar-refractivity contribution is 5.83. The molecule has 0 aliphatic carbocycles. The minimum absolute atomic E-state index is 0. The number of carbonyl (C=O) groups excluding carboxylic acids is 5. The summed E-state index contributed by atoms with van der Waals surface area (Å²) in [5.41, 5.74) is -1.05. The van der Waals surface area contributed by atoms with Crippen LogP contribution in [0.1, 0.15) is 99.3 Å². The first kappa shape index (κ1) is 52.3. The van der Waals surface area contributed by atoms with Gasteiger partial charge < -0.3 is 58.0 Å². The van der Waals surface area contributed by atoms with Gasteiger partial charge in [0.2, 0.25) is 5.79 Å². The summed E-state index contributed by atoms with van der Waals surface area (Å²) in [5, 5.41) is 33.2. The van der Waals surface area contributed by atoms with Crippen molar-refractivity contribution in [1.29, 1.82) is 0 Å². The van der Waals surface area contributed by atoms with Gasteiger partial charge in [-0.2, -0.15) is 0 Å². The Labute approximate surface area is 341 Å². The molecular weight excluding hydrogens is 764 g/mol. The van der Waals surface area contributed by atoms with Crippen LogP contribution in [-0.2, 0) is 66.6 Å². The predicted octanol–water partition coefficient (Wildman–Crippen LogP) is 3.54. The molecule has 3 saturated heterocycles. The van der Waals surface area contributed by atoms with E-state index in [1.165, 1.54) is 28.3 Å². The van der Waals surface area contributed by atoms with Crippen LogP contribution >= 0.6 is 0 Å².